The molecule has 152 valence electrons. The molecule has 4 rings (SSSR count). The molecule has 3 aliphatic rings. The predicted octanol–water partition coefficient (Wildman–Crippen LogP) is 2.52. The first-order chi connectivity index (χ1) is 13.6. The normalized spacial score (nSPS) is 24.2. The molecule has 2 saturated heterocycles. The molecule has 1 aromatic carbocycles. The molecule has 2 amide bonds. The summed E-state index contributed by atoms with van der Waals surface area (Å²) in [5, 5.41) is 3.18. The number of hydrogen-bond donors (Lipinski definition) is 1. The number of amides is 2. The Balaban J connectivity index is 1.25. The molecule has 0 bridgehead atoms. The van der Waals surface area contributed by atoms with Gasteiger partial charge in [0.25, 0.3) is 0 Å². The zero-order chi connectivity index (χ0) is 19.5. The van der Waals surface area contributed by atoms with E-state index in [-0.39, 0.29) is 17.7 Å². The Bertz CT molecular complexity index is 708. The summed E-state index contributed by atoms with van der Waals surface area (Å²) in [6.45, 7) is 5.72. The van der Waals surface area contributed by atoms with E-state index in [0.29, 0.717) is 18.5 Å². The minimum absolute atomic E-state index is 0.148. The van der Waals surface area contributed by atoms with Crippen LogP contribution >= 0.6 is 0 Å². The summed E-state index contributed by atoms with van der Waals surface area (Å²) < 4.78 is 0. The number of nitrogens with zero attached hydrogens (tertiary/aromatic N) is 2. The molecule has 1 aliphatic carbocycles. The smallest absolute Gasteiger partial charge is 0.226 e. The molecule has 0 aromatic heterocycles. The molecule has 0 spiro atoms. The van der Waals surface area contributed by atoms with Crippen LogP contribution in [0.15, 0.2) is 24.3 Å². The topological polar surface area (TPSA) is 52.7 Å². The lowest BCUT2D eigenvalue weighted by Gasteiger charge is -2.42. The summed E-state index contributed by atoms with van der Waals surface area (Å²) in [6.07, 6.45) is 6.97. The van der Waals surface area contributed by atoms with Crippen LogP contribution in [-0.2, 0) is 16.0 Å². The summed E-state index contributed by atoms with van der Waals surface area (Å²) >= 11 is 0. The number of benzene rings is 1. The first-order valence-corrected chi connectivity index (χ1v) is 11.0. The van der Waals surface area contributed by atoms with Crippen LogP contribution in [0.1, 0.15) is 49.7 Å². The molecule has 0 radical (unpaired) electrons. The summed E-state index contributed by atoms with van der Waals surface area (Å²) in [5.41, 5.74) is 2.31. The van der Waals surface area contributed by atoms with Crippen molar-refractivity contribution in [3.8, 4) is 0 Å². The van der Waals surface area contributed by atoms with E-state index in [0.717, 1.165) is 70.3 Å². The van der Waals surface area contributed by atoms with E-state index >= 15 is 0 Å². The number of carbonyl (C=O) groups is 2. The van der Waals surface area contributed by atoms with Crippen LogP contribution in [0.2, 0.25) is 0 Å². The van der Waals surface area contributed by atoms with Crippen LogP contribution in [0.25, 0.3) is 0 Å². The zero-order valence-corrected chi connectivity index (χ0v) is 17.0. The fourth-order valence-electron chi connectivity index (χ4n) is 4.69. The van der Waals surface area contributed by atoms with Crippen LogP contribution in [0.5, 0.6) is 0 Å². The van der Waals surface area contributed by atoms with Crippen LogP contribution in [0.3, 0.4) is 0 Å². The number of likely N-dealkylation sites (tertiary alicyclic amines) is 2. The van der Waals surface area contributed by atoms with E-state index in [1.165, 1.54) is 5.56 Å². The van der Waals surface area contributed by atoms with Gasteiger partial charge in [0.05, 0.1) is 12.3 Å². The first-order valence-electron chi connectivity index (χ1n) is 11.0. The highest BCUT2D eigenvalue weighted by molar-refractivity contribution is 5.80. The zero-order valence-electron chi connectivity index (χ0n) is 17.0. The van der Waals surface area contributed by atoms with Crippen molar-refractivity contribution >= 4 is 11.8 Å². The van der Waals surface area contributed by atoms with Gasteiger partial charge in [0.1, 0.15) is 0 Å². The van der Waals surface area contributed by atoms with Gasteiger partial charge in [-0.25, -0.2) is 0 Å². The lowest BCUT2D eigenvalue weighted by molar-refractivity contribution is -0.132. The largest absolute Gasteiger partial charge is 0.353 e. The molecule has 1 N–H and O–H groups in total. The van der Waals surface area contributed by atoms with Crippen molar-refractivity contribution in [2.45, 2.75) is 64.0 Å². The number of aryl methyl sites for hydroxylation is 1. The third kappa shape index (κ3) is 4.93. The first kappa shape index (κ1) is 19.4. The molecular formula is C23H33N3O2. The molecule has 1 atom stereocenters. The monoisotopic (exact) mass is 383 g/mol. The maximum Gasteiger partial charge on any atom is 0.226 e. The van der Waals surface area contributed by atoms with Gasteiger partial charge in [-0.05, 0) is 57.6 Å². The summed E-state index contributed by atoms with van der Waals surface area (Å²) in [5.74, 6) is 0.651. The SMILES string of the molecule is Cc1cccc(CC(=O)N2CCC(N3CCCC(C(=O)NC4CC4)C3)CC2)c1. The van der Waals surface area contributed by atoms with E-state index in [2.05, 4.69) is 29.3 Å². The number of hydrogen-bond acceptors (Lipinski definition) is 3. The number of piperidine rings is 2. The molecule has 2 aliphatic heterocycles. The lowest BCUT2D eigenvalue weighted by Crippen LogP contribution is -2.51. The lowest BCUT2D eigenvalue weighted by atomic mass is 9.93. The van der Waals surface area contributed by atoms with Crippen molar-refractivity contribution in [2.75, 3.05) is 26.2 Å². The number of nitrogens with one attached hydrogen (secondary N) is 1. The van der Waals surface area contributed by atoms with Crippen molar-refractivity contribution in [1.29, 1.82) is 0 Å². The minimum atomic E-state index is 0.148. The Morgan fingerprint density at radius 3 is 2.57 bits per heavy atom. The second-order valence-corrected chi connectivity index (χ2v) is 8.89. The van der Waals surface area contributed by atoms with Gasteiger partial charge >= 0.3 is 0 Å². The Hall–Kier alpha value is -1.88. The van der Waals surface area contributed by atoms with Gasteiger partial charge in [0.15, 0.2) is 0 Å². The number of rotatable bonds is 5. The Morgan fingerprint density at radius 2 is 1.86 bits per heavy atom. The molecule has 5 nitrogen and oxygen atoms in total. The maximum atomic E-state index is 12.7. The molecule has 3 fully saturated rings. The van der Waals surface area contributed by atoms with Crippen molar-refractivity contribution in [3.63, 3.8) is 0 Å². The van der Waals surface area contributed by atoms with Crippen molar-refractivity contribution in [3.05, 3.63) is 35.4 Å². The molecule has 28 heavy (non-hydrogen) atoms. The highest BCUT2D eigenvalue weighted by Gasteiger charge is 2.34. The Kier molecular flexibility index (Phi) is 6.00. The highest BCUT2D eigenvalue weighted by Crippen LogP contribution is 2.26. The van der Waals surface area contributed by atoms with Gasteiger partial charge in [0, 0.05) is 31.7 Å². The fraction of sp³-hybridized carbons (Fsp3) is 0.652. The molecule has 1 aromatic rings. The minimum Gasteiger partial charge on any atom is -0.353 e. The van der Waals surface area contributed by atoms with E-state index in [1.807, 2.05) is 17.0 Å². The Morgan fingerprint density at radius 1 is 1.07 bits per heavy atom. The highest BCUT2D eigenvalue weighted by atomic mass is 16.2. The van der Waals surface area contributed by atoms with Crippen LogP contribution in [0.4, 0.5) is 0 Å². The second kappa shape index (κ2) is 8.64. The summed E-state index contributed by atoms with van der Waals surface area (Å²) in [4.78, 5) is 29.6. The molecular weight excluding hydrogens is 350 g/mol. The average Bonchev–Trinajstić information content (AvgIpc) is 3.52. The molecule has 1 saturated carbocycles. The van der Waals surface area contributed by atoms with Gasteiger partial charge in [-0.2, -0.15) is 0 Å². The third-order valence-corrected chi connectivity index (χ3v) is 6.52. The third-order valence-electron chi connectivity index (χ3n) is 6.52. The summed E-state index contributed by atoms with van der Waals surface area (Å²) in [7, 11) is 0. The van der Waals surface area contributed by atoms with Crippen molar-refractivity contribution in [2.24, 2.45) is 5.92 Å². The maximum absolute atomic E-state index is 12.7. The number of carbonyl (C=O) groups excluding carboxylic acids is 2. The van der Waals surface area contributed by atoms with E-state index in [9.17, 15) is 9.59 Å². The fourth-order valence-corrected chi connectivity index (χ4v) is 4.69. The van der Waals surface area contributed by atoms with E-state index < -0.39 is 0 Å². The van der Waals surface area contributed by atoms with Gasteiger partial charge < -0.3 is 10.2 Å². The summed E-state index contributed by atoms with van der Waals surface area (Å²) in [6, 6.07) is 9.20. The standard InChI is InChI=1S/C23H33N3O2/c1-17-4-2-5-18(14-17)15-22(27)25-12-9-21(10-13-25)26-11-3-6-19(16-26)23(28)24-20-7-8-20/h2,4-5,14,19-21H,3,6-13,15-16H2,1H3,(H,24,28). The van der Waals surface area contributed by atoms with E-state index in [1.54, 1.807) is 0 Å². The van der Waals surface area contributed by atoms with E-state index in [4.69, 9.17) is 0 Å². The van der Waals surface area contributed by atoms with Crippen molar-refractivity contribution in [1.82, 2.24) is 15.1 Å². The van der Waals surface area contributed by atoms with Gasteiger partial charge in [0.2, 0.25) is 11.8 Å². The predicted molar refractivity (Wildman–Crippen MR) is 110 cm³/mol. The molecule has 5 heteroatoms. The quantitative estimate of drug-likeness (QED) is 0.850. The van der Waals surface area contributed by atoms with Crippen molar-refractivity contribution < 1.29 is 9.59 Å². The van der Waals surface area contributed by atoms with Crippen LogP contribution < -0.4 is 5.32 Å². The Labute approximate surface area is 168 Å². The van der Waals surface area contributed by atoms with Crippen LogP contribution in [-0.4, -0.2) is 59.9 Å². The second-order valence-electron chi connectivity index (χ2n) is 8.89. The van der Waals surface area contributed by atoms with Gasteiger partial charge in [-0.15, -0.1) is 0 Å². The average molecular weight is 384 g/mol. The molecule has 1 unspecified atom stereocenters. The molecule has 2 heterocycles. The van der Waals surface area contributed by atoms with Gasteiger partial charge in [-0.1, -0.05) is 29.8 Å². The van der Waals surface area contributed by atoms with Crippen LogP contribution in [0, 0.1) is 12.8 Å². The van der Waals surface area contributed by atoms with Gasteiger partial charge in [-0.3, -0.25) is 14.5 Å².